The predicted octanol–water partition coefficient (Wildman–Crippen LogP) is 1.15. The second kappa shape index (κ2) is 8.39. The first-order valence-corrected chi connectivity index (χ1v) is 6.20. The molecule has 1 aromatic rings. The van der Waals surface area contributed by atoms with Gasteiger partial charge in [0.15, 0.2) is 0 Å². The Hall–Kier alpha value is -1.79. The van der Waals surface area contributed by atoms with Crippen molar-refractivity contribution in [1.82, 2.24) is 5.32 Å². The van der Waals surface area contributed by atoms with Gasteiger partial charge in [0.2, 0.25) is 0 Å². The van der Waals surface area contributed by atoms with E-state index < -0.39 is 12.0 Å². The van der Waals surface area contributed by atoms with E-state index in [0.29, 0.717) is 30.2 Å². The number of hydrogen-bond acceptors (Lipinski definition) is 6. The molecule has 20 heavy (non-hydrogen) atoms. The highest BCUT2D eigenvalue weighted by atomic mass is 16.5. The van der Waals surface area contributed by atoms with Crippen molar-refractivity contribution in [2.24, 2.45) is 0 Å². The molecule has 6 heteroatoms. The lowest BCUT2D eigenvalue weighted by molar-refractivity contribution is -0.143. The van der Waals surface area contributed by atoms with Crippen LogP contribution in [-0.4, -0.2) is 47.6 Å². The number of esters is 1. The van der Waals surface area contributed by atoms with Crippen molar-refractivity contribution in [3.8, 4) is 11.5 Å². The van der Waals surface area contributed by atoms with E-state index in [1.165, 1.54) is 7.11 Å². The standard InChI is InChI=1S/C14H21NO5/c1-17-8-7-15-13(14(16)20-4)11-9-10(18-2)5-6-12(11)19-3/h5-6,9,13,15H,7-8H2,1-4H3. The van der Waals surface area contributed by atoms with Crippen molar-refractivity contribution in [3.63, 3.8) is 0 Å². The minimum atomic E-state index is -0.639. The summed E-state index contributed by atoms with van der Waals surface area (Å²) in [5, 5.41) is 3.08. The van der Waals surface area contributed by atoms with Crippen LogP contribution in [0.1, 0.15) is 11.6 Å². The minimum Gasteiger partial charge on any atom is -0.497 e. The Morgan fingerprint density at radius 2 is 1.95 bits per heavy atom. The van der Waals surface area contributed by atoms with E-state index in [2.05, 4.69) is 5.32 Å². The highest BCUT2D eigenvalue weighted by Gasteiger charge is 2.24. The summed E-state index contributed by atoms with van der Waals surface area (Å²) in [7, 11) is 6.06. The fourth-order valence-corrected chi connectivity index (χ4v) is 1.81. The Balaban J connectivity index is 3.06. The van der Waals surface area contributed by atoms with Gasteiger partial charge in [-0.3, -0.25) is 5.32 Å². The van der Waals surface area contributed by atoms with E-state index >= 15 is 0 Å². The van der Waals surface area contributed by atoms with E-state index in [4.69, 9.17) is 18.9 Å². The number of benzene rings is 1. The third-order valence-corrected chi connectivity index (χ3v) is 2.84. The van der Waals surface area contributed by atoms with Crippen LogP contribution < -0.4 is 14.8 Å². The largest absolute Gasteiger partial charge is 0.497 e. The smallest absolute Gasteiger partial charge is 0.327 e. The molecule has 0 aliphatic carbocycles. The molecule has 0 aliphatic heterocycles. The highest BCUT2D eigenvalue weighted by molar-refractivity contribution is 5.78. The van der Waals surface area contributed by atoms with Gasteiger partial charge < -0.3 is 18.9 Å². The Bertz CT molecular complexity index is 436. The van der Waals surface area contributed by atoms with Crippen molar-refractivity contribution in [2.75, 3.05) is 41.6 Å². The van der Waals surface area contributed by atoms with Gasteiger partial charge in [0.25, 0.3) is 0 Å². The second-order valence-corrected chi connectivity index (χ2v) is 4.01. The Morgan fingerprint density at radius 3 is 2.50 bits per heavy atom. The molecule has 0 fully saturated rings. The van der Waals surface area contributed by atoms with Crippen LogP contribution in [0.2, 0.25) is 0 Å². The molecule has 0 radical (unpaired) electrons. The third-order valence-electron chi connectivity index (χ3n) is 2.84. The van der Waals surface area contributed by atoms with Crippen LogP contribution in [0.4, 0.5) is 0 Å². The molecule has 1 rings (SSSR count). The van der Waals surface area contributed by atoms with Gasteiger partial charge in [0, 0.05) is 19.2 Å². The molecule has 1 N–H and O–H groups in total. The van der Waals surface area contributed by atoms with Crippen LogP contribution in [-0.2, 0) is 14.3 Å². The van der Waals surface area contributed by atoms with Crippen LogP contribution in [0.3, 0.4) is 0 Å². The summed E-state index contributed by atoms with van der Waals surface area (Å²) in [4.78, 5) is 12.0. The normalized spacial score (nSPS) is 11.8. The Morgan fingerprint density at radius 1 is 1.20 bits per heavy atom. The first kappa shape index (κ1) is 16.3. The molecule has 0 spiro atoms. The summed E-state index contributed by atoms with van der Waals surface area (Å²) in [5.74, 6) is 0.835. The van der Waals surface area contributed by atoms with Gasteiger partial charge in [-0.05, 0) is 18.2 Å². The van der Waals surface area contributed by atoms with Crippen molar-refractivity contribution in [2.45, 2.75) is 6.04 Å². The van der Waals surface area contributed by atoms with Crippen LogP contribution in [0.15, 0.2) is 18.2 Å². The van der Waals surface area contributed by atoms with Crippen molar-refractivity contribution in [3.05, 3.63) is 23.8 Å². The lowest BCUT2D eigenvalue weighted by atomic mass is 10.1. The van der Waals surface area contributed by atoms with Gasteiger partial charge in [-0.1, -0.05) is 0 Å². The van der Waals surface area contributed by atoms with Gasteiger partial charge in [-0.15, -0.1) is 0 Å². The SMILES string of the molecule is COCCNC(C(=O)OC)c1cc(OC)ccc1OC. The molecule has 0 saturated heterocycles. The number of ether oxygens (including phenoxy) is 4. The number of rotatable bonds is 8. The maximum absolute atomic E-state index is 12.0. The second-order valence-electron chi connectivity index (χ2n) is 4.01. The van der Waals surface area contributed by atoms with Gasteiger partial charge in [0.05, 0.1) is 27.9 Å². The van der Waals surface area contributed by atoms with Gasteiger partial charge in [-0.25, -0.2) is 4.79 Å². The average molecular weight is 283 g/mol. The van der Waals surface area contributed by atoms with Crippen molar-refractivity contribution in [1.29, 1.82) is 0 Å². The van der Waals surface area contributed by atoms with Crippen LogP contribution in [0.25, 0.3) is 0 Å². The zero-order chi connectivity index (χ0) is 15.0. The van der Waals surface area contributed by atoms with Gasteiger partial charge in [-0.2, -0.15) is 0 Å². The molecular formula is C14H21NO5. The molecule has 1 aromatic carbocycles. The number of nitrogens with one attached hydrogen (secondary N) is 1. The number of carbonyl (C=O) groups excluding carboxylic acids is 1. The average Bonchev–Trinajstić information content (AvgIpc) is 2.50. The number of carbonyl (C=O) groups is 1. The highest BCUT2D eigenvalue weighted by Crippen LogP contribution is 2.30. The van der Waals surface area contributed by atoms with Gasteiger partial charge >= 0.3 is 5.97 Å². The lowest BCUT2D eigenvalue weighted by Crippen LogP contribution is -2.32. The van der Waals surface area contributed by atoms with E-state index in [1.54, 1.807) is 39.5 Å². The first-order chi connectivity index (χ1) is 9.67. The molecule has 0 amide bonds. The molecule has 0 bridgehead atoms. The molecule has 0 aliphatic rings. The zero-order valence-corrected chi connectivity index (χ0v) is 12.3. The van der Waals surface area contributed by atoms with Crippen LogP contribution in [0, 0.1) is 0 Å². The van der Waals surface area contributed by atoms with Crippen LogP contribution >= 0.6 is 0 Å². The first-order valence-electron chi connectivity index (χ1n) is 6.20. The van der Waals surface area contributed by atoms with Crippen LogP contribution in [0.5, 0.6) is 11.5 Å². The Labute approximate surface area is 119 Å². The third kappa shape index (κ3) is 4.11. The Kier molecular flexibility index (Phi) is 6.83. The van der Waals surface area contributed by atoms with Crippen molar-refractivity contribution < 1.29 is 23.7 Å². The molecular weight excluding hydrogens is 262 g/mol. The summed E-state index contributed by atoms with van der Waals surface area (Å²) in [5.41, 5.74) is 0.662. The molecule has 0 saturated carbocycles. The summed E-state index contributed by atoms with van der Waals surface area (Å²) in [6, 6.07) is 4.63. The lowest BCUT2D eigenvalue weighted by Gasteiger charge is -2.19. The maximum Gasteiger partial charge on any atom is 0.327 e. The maximum atomic E-state index is 12.0. The molecule has 1 unspecified atom stereocenters. The van der Waals surface area contributed by atoms with E-state index in [-0.39, 0.29) is 0 Å². The van der Waals surface area contributed by atoms with Crippen molar-refractivity contribution >= 4 is 5.97 Å². The molecule has 0 heterocycles. The quantitative estimate of drug-likeness (QED) is 0.570. The summed E-state index contributed by atoms with van der Waals surface area (Å²) < 4.78 is 20.3. The van der Waals surface area contributed by atoms with E-state index in [0.717, 1.165) is 0 Å². The minimum absolute atomic E-state index is 0.396. The number of hydrogen-bond donors (Lipinski definition) is 1. The van der Waals surface area contributed by atoms with E-state index in [9.17, 15) is 4.79 Å². The molecule has 1 atom stereocenters. The van der Waals surface area contributed by atoms with Gasteiger partial charge in [0.1, 0.15) is 17.5 Å². The summed E-state index contributed by atoms with van der Waals surface area (Å²) in [6.07, 6.45) is 0. The monoisotopic (exact) mass is 283 g/mol. The topological polar surface area (TPSA) is 66.0 Å². The molecule has 6 nitrogen and oxygen atoms in total. The number of methoxy groups -OCH3 is 4. The molecule has 112 valence electrons. The zero-order valence-electron chi connectivity index (χ0n) is 12.3. The fourth-order valence-electron chi connectivity index (χ4n) is 1.81. The summed E-state index contributed by atoms with van der Waals surface area (Å²) in [6.45, 7) is 0.996. The van der Waals surface area contributed by atoms with E-state index in [1.807, 2.05) is 0 Å². The molecule has 0 aromatic heterocycles. The summed E-state index contributed by atoms with van der Waals surface area (Å²) >= 11 is 0. The fraction of sp³-hybridized carbons (Fsp3) is 0.500. The predicted molar refractivity (Wildman–Crippen MR) is 74.2 cm³/mol.